The van der Waals surface area contributed by atoms with Crippen LogP contribution in [-0.4, -0.2) is 23.1 Å². The minimum absolute atomic E-state index is 0.750. The molecule has 1 aliphatic carbocycles. The van der Waals surface area contributed by atoms with Gasteiger partial charge in [-0.25, -0.2) is 0 Å². The Kier molecular flexibility index (Phi) is 3.00. The first-order valence-electron chi connectivity index (χ1n) is 6.98. The van der Waals surface area contributed by atoms with Crippen LogP contribution in [0.4, 0.5) is 0 Å². The number of hydrogen-bond acceptors (Lipinski definition) is 2. The quantitative estimate of drug-likeness (QED) is 0.765. The van der Waals surface area contributed by atoms with Crippen molar-refractivity contribution in [1.82, 2.24) is 9.97 Å². The Bertz CT molecular complexity index is 516. The lowest BCUT2D eigenvalue weighted by molar-refractivity contribution is -0.665. The molecule has 1 aliphatic heterocycles. The molecule has 18 heavy (non-hydrogen) atoms. The number of aromatic nitrogens is 2. The van der Waals surface area contributed by atoms with Crippen molar-refractivity contribution in [2.75, 3.05) is 13.1 Å². The first kappa shape index (κ1) is 11.6. The van der Waals surface area contributed by atoms with Crippen molar-refractivity contribution in [3.63, 3.8) is 0 Å². The van der Waals surface area contributed by atoms with Crippen LogP contribution in [0.15, 0.2) is 24.5 Å². The predicted molar refractivity (Wildman–Crippen MR) is 72.6 cm³/mol. The van der Waals surface area contributed by atoms with Crippen LogP contribution in [0.2, 0.25) is 0 Å². The summed E-state index contributed by atoms with van der Waals surface area (Å²) in [4.78, 5) is 8.80. The molecular weight excluding hydrogens is 222 g/mol. The van der Waals surface area contributed by atoms with Crippen molar-refractivity contribution >= 4 is 11.0 Å². The Hall–Kier alpha value is -1.48. The van der Waals surface area contributed by atoms with Gasteiger partial charge in [0.05, 0.1) is 24.1 Å². The number of nitrogens with two attached hydrogens (primary N) is 1. The van der Waals surface area contributed by atoms with E-state index in [0.717, 1.165) is 22.9 Å². The molecule has 2 aliphatic rings. The molecule has 0 spiro atoms. The topological polar surface area (TPSA) is 42.4 Å². The summed E-state index contributed by atoms with van der Waals surface area (Å²) in [7, 11) is 0. The van der Waals surface area contributed by atoms with E-state index in [1.807, 2.05) is 13.8 Å². The molecule has 2 unspecified atom stereocenters. The second-order valence-electron chi connectivity index (χ2n) is 4.92. The second-order valence-corrected chi connectivity index (χ2v) is 4.92. The smallest absolute Gasteiger partial charge is 0.0889 e. The molecule has 2 aromatic rings. The van der Waals surface area contributed by atoms with Gasteiger partial charge in [-0.2, -0.15) is 0 Å². The maximum Gasteiger partial charge on any atom is 0.0889 e. The third-order valence-electron chi connectivity index (χ3n) is 4.03. The molecule has 1 saturated heterocycles. The van der Waals surface area contributed by atoms with Crippen LogP contribution < -0.4 is 5.32 Å². The number of quaternary nitrogens is 1. The first-order valence-corrected chi connectivity index (χ1v) is 6.98. The van der Waals surface area contributed by atoms with Crippen LogP contribution in [0.1, 0.15) is 43.2 Å². The molecule has 1 fully saturated rings. The molecule has 94 valence electrons. The summed E-state index contributed by atoms with van der Waals surface area (Å²) in [5, 5.41) is 2.45. The molecule has 0 amide bonds. The van der Waals surface area contributed by atoms with Crippen molar-refractivity contribution in [2.45, 2.75) is 32.1 Å². The molecule has 2 N–H and O–H groups in total. The second kappa shape index (κ2) is 4.65. The van der Waals surface area contributed by atoms with Crippen molar-refractivity contribution < 1.29 is 5.32 Å². The zero-order valence-corrected chi connectivity index (χ0v) is 11.1. The maximum atomic E-state index is 4.40. The molecule has 4 rings (SSSR count). The molecule has 0 radical (unpaired) electrons. The number of rotatable bonds is 0. The standard InChI is InChI=1S/C13H13N3.C2H6/c1-2-16-13-5-11-9-3-8(6-14-7-9)10(11)4-12(13)15-1;1-2/h1-2,4-5,8-9,14H,3,6-7H2;1-2H3/p+1. The predicted octanol–water partition coefficient (Wildman–Crippen LogP) is 1.80. The van der Waals surface area contributed by atoms with Crippen LogP contribution in [0.3, 0.4) is 0 Å². The van der Waals surface area contributed by atoms with E-state index in [4.69, 9.17) is 0 Å². The Labute approximate surface area is 108 Å². The molecule has 3 nitrogen and oxygen atoms in total. The van der Waals surface area contributed by atoms with Crippen LogP contribution in [0, 0.1) is 0 Å². The highest BCUT2D eigenvalue weighted by atomic mass is 14.9. The lowest BCUT2D eigenvalue weighted by Gasteiger charge is -2.16. The summed E-state index contributed by atoms with van der Waals surface area (Å²) >= 11 is 0. The van der Waals surface area contributed by atoms with E-state index in [-0.39, 0.29) is 0 Å². The van der Waals surface area contributed by atoms with Crippen LogP contribution >= 0.6 is 0 Å². The van der Waals surface area contributed by atoms with Crippen LogP contribution in [0.5, 0.6) is 0 Å². The summed E-state index contributed by atoms with van der Waals surface area (Å²) < 4.78 is 0. The first-order chi connectivity index (χ1) is 8.92. The highest BCUT2D eigenvalue weighted by Crippen LogP contribution is 2.42. The monoisotopic (exact) mass is 242 g/mol. The van der Waals surface area contributed by atoms with E-state index in [9.17, 15) is 0 Å². The van der Waals surface area contributed by atoms with Crippen LogP contribution in [-0.2, 0) is 0 Å². The molecular formula is C15H20N3+. The average Bonchev–Trinajstić information content (AvgIpc) is 2.70. The minimum atomic E-state index is 0.750. The van der Waals surface area contributed by atoms with E-state index in [1.54, 1.807) is 12.4 Å². The van der Waals surface area contributed by atoms with Crippen molar-refractivity contribution in [3.8, 4) is 0 Å². The Morgan fingerprint density at radius 2 is 1.44 bits per heavy atom. The fourth-order valence-electron chi connectivity index (χ4n) is 3.29. The van der Waals surface area contributed by atoms with E-state index >= 15 is 0 Å². The van der Waals surface area contributed by atoms with Gasteiger partial charge in [-0.3, -0.25) is 9.97 Å². The molecule has 2 heterocycles. The van der Waals surface area contributed by atoms with Crippen molar-refractivity contribution in [2.24, 2.45) is 0 Å². The fraction of sp³-hybridized carbons (Fsp3) is 0.467. The van der Waals surface area contributed by atoms with Gasteiger partial charge in [-0.1, -0.05) is 13.8 Å². The van der Waals surface area contributed by atoms with Gasteiger partial charge in [0.15, 0.2) is 0 Å². The van der Waals surface area contributed by atoms with E-state index in [2.05, 4.69) is 27.4 Å². The number of piperidine rings is 1. The van der Waals surface area contributed by atoms with Gasteiger partial charge in [0.25, 0.3) is 0 Å². The van der Waals surface area contributed by atoms with Gasteiger partial charge in [-0.05, 0) is 29.7 Å². The average molecular weight is 242 g/mol. The van der Waals surface area contributed by atoms with Gasteiger partial charge < -0.3 is 5.32 Å². The van der Waals surface area contributed by atoms with Crippen LogP contribution in [0.25, 0.3) is 11.0 Å². The van der Waals surface area contributed by atoms with Gasteiger partial charge in [0.1, 0.15) is 0 Å². The Balaban J connectivity index is 0.000000478. The normalized spacial score (nSPS) is 24.3. The zero-order chi connectivity index (χ0) is 12.5. The molecule has 1 aromatic carbocycles. The minimum Gasteiger partial charge on any atom is -0.345 e. The van der Waals surface area contributed by atoms with Gasteiger partial charge in [-0.15, -0.1) is 0 Å². The SMILES string of the molecule is CC.c1cnc2cc3c(cc2n1)C1C[NH2+]CC3C1. The molecule has 2 atom stereocenters. The third-order valence-corrected chi connectivity index (χ3v) is 4.03. The molecule has 1 aromatic heterocycles. The van der Waals surface area contributed by atoms with Gasteiger partial charge >= 0.3 is 0 Å². The van der Waals surface area contributed by atoms with Crippen molar-refractivity contribution in [3.05, 3.63) is 35.7 Å². The largest absolute Gasteiger partial charge is 0.345 e. The summed E-state index contributed by atoms with van der Waals surface area (Å²) in [6, 6.07) is 4.53. The Morgan fingerprint density at radius 3 is 1.94 bits per heavy atom. The van der Waals surface area contributed by atoms with Gasteiger partial charge in [0, 0.05) is 24.2 Å². The number of fused-ring (bicyclic) bond motifs is 6. The number of nitrogens with zero attached hydrogens (tertiary/aromatic N) is 2. The fourth-order valence-corrected chi connectivity index (χ4v) is 3.29. The number of hydrogen-bond donors (Lipinski definition) is 1. The summed E-state index contributed by atoms with van der Waals surface area (Å²) in [6.45, 7) is 6.49. The van der Waals surface area contributed by atoms with Crippen molar-refractivity contribution in [1.29, 1.82) is 0 Å². The molecule has 2 bridgehead atoms. The van der Waals surface area contributed by atoms with Gasteiger partial charge in [0.2, 0.25) is 0 Å². The highest BCUT2D eigenvalue weighted by molar-refractivity contribution is 5.77. The summed E-state index contributed by atoms with van der Waals surface area (Å²) in [5.41, 5.74) is 5.17. The third kappa shape index (κ3) is 1.70. The lowest BCUT2D eigenvalue weighted by Crippen LogP contribution is -2.87. The maximum absolute atomic E-state index is 4.40. The summed E-state index contributed by atoms with van der Waals surface area (Å²) in [6.07, 6.45) is 4.89. The zero-order valence-electron chi connectivity index (χ0n) is 11.1. The molecule has 0 saturated carbocycles. The molecule has 3 heteroatoms. The van der Waals surface area contributed by atoms with E-state index in [1.165, 1.54) is 30.6 Å². The Morgan fingerprint density at radius 1 is 0.944 bits per heavy atom. The van der Waals surface area contributed by atoms with E-state index in [0.29, 0.717) is 0 Å². The highest BCUT2D eigenvalue weighted by Gasteiger charge is 2.36. The lowest BCUT2D eigenvalue weighted by atomic mass is 9.98. The number of benzene rings is 1. The summed E-state index contributed by atoms with van der Waals surface area (Å²) in [5.74, 6) is 1.50. The van der Waals surface area contributed by atoms with E-state index < -0.39 is 0 Å².